The lowest BCUT2D eigenvalue weighted by atomic mass is 9.87. The van der Waals surface area contributed by atoms with Crippen LogP contribution in [0.1, 0.15) is 26.3 Å². The number of aromatic nitrogens is 3. The van der Waals surface area contributed by atoms with Gasteiger partial charge in [-0.1, -0.05) is 56.3 Å². The highest BCUT2D eigenvalue weighted by atomic mass is 35.5. The molecule has 8 heteroatoms. The maximum Gasteiger partial charge on any atom is 0.234 e. The molecule has 0 saturated heterocycles. The molecule has 1 N–H and O–H groups in total. The highest BCUT2D eigenvalue weighted by molar-refractivity contribution is 7.99. The van der Waals surface area contributed by atoms with Crippen LogP contribution in [0.25, 0.3) is 5.69 Å². The number of hydrogen-bond donors (Lipinski definition) is 1. The minimum atomic E-state index is -0.153. The molecule has 1 amide bonds. The molecule has 0 aliphatic rings. The van der Waals surface area contributed by atoms with Gasteiger partial charge in [0.25, 0.3) is 0 Å². The number of carbonyl (C=O) groups excluding carboxylic acids is 1. The van der Waals surface area contributed by atoms with Crippen molar-refractivity contribution >= 4 is 35.0 Å². The van der Waals surface area contributed by atoms with E-state index in [9.17, 15) is 4.79 Å². The van der Waals surface area contributed by atoms with E-state index in [2.05, 4.69) is 36.3 Å². The third kappa shape index (κ3) is 5.31. The SMILES string of the molecule is COc1ccc(C(C)(C)C)cc1NC(=O)CSc1nncn1-c1cccc(Cl)c1. The molecule has 1 aromatic heterocycles. The summed E-state index contributed by atoms with van der Waals surface area (Å²) >= 11 is 7.37. The number of rotatable bonds is 6. The fourth-order valence-electron chi connectivity index (χ4n) is 2.71. The van der Waals surface area contributed by atoms with Crippen LogP contribution in [-0.2, 0) is 10.2 Å². The average molecular weight is 431 g/mol. The number of halogens is 1. The van der Waals surface area contributed by atoms with Crippen molar-refractivity contribution in [2.24, 2.45) is 0 Å². The van der Waals surface area contributed by atoms with E-state index in [4.69, 9.17) is 16.3 Å². The number of benzene rings is 2. The molecule has 0 radical (unpaired) electrons. The third-order valence-electron chi connectivity index (χ3n) is 4.27. The number of hydrogen-bond acceptors (Lipinski definition) is 5. The van der Waals surface area contributed by atoms with Gasteiger partial charge in [-0.25, -0.2) is 0 Å². The maximum absolute atomic E-state index is 12.6. The van der Waals surface area contributed by atoms with Crippen LogP contribution in [0.4, 0.5) is 5.69 Å². The van der Waals surface area contributed by atoms with Crippen molar-refractivity contribution in [2.45, 2.75) is 31.3 Å². The zero-order chi connectivity index (χ0) is 21.0. The predicted octanol–water partition coefficient (Wildman–Crippen LogP) is 4.96. The van der Waals surface area contributed by atoms with Gasteiger partial charge in [-0.15, -0.1) is 10.2 Å². The topological polar surface area (TPSA) is 69.0 Å². The first-order valence-electron chi connectivity index (χ1n) is 9.05. The van der Waals surface area contributed by atoms with E-state index >= 15 is 0 Å². The minimum absolute atomic E-state index is 0.0339. The molecule has 6 nitrogen and oxygen atoms in total. The van der Waals surface area contributed by atoms with Crippen LogP contribution in [0.3, 0.4) is 0 Å². The summed E-state index contributed by atoms with van der Waals surface area (Å²) in [5.74, 6) is 0.653. The van der Waals surface area contributed by atoms with E-state index in [0.29, 0.717) is 21.6 Å². The van der Waals surface area contributed by atoms with E-state index in [1.165, 1.54) is 11.8 Å². The van der Waals surface area contributed by atoms with Crippen molar-refractivity contribution in [1.29, 1.82) is 0 Å². The number of thioether (sulfide) groups is 1. The molecule has 0 aliphatic heterocycles. The van der Waals surface area contributed by atoms with Gasteiger partial charge in [0.2, 0.25) is 5.91 Å². The zero-order valence-electron chi connectivity index (χ0n) is 16.8. The number of methoxy groups -OCH3 is 1. The van der Waals surface area contributed by atoms with Gasteiger partial charge in [-0.05, 0) is 41.3 Å². The number of ether oxygens (including phenoxy) is 1. The fraction of sp³-hybridized carbons (Fsp3) is 0.286. The molecule has 0 saturated carbocycles. The Morgan fingerprint density at radius 3 is 2.72 bits per heavy atom. The number of amides is 1. The molecule has 0 unspecified atom stereocenters. The normalized spacial score (nSPS) is 11.3. The Hall–Kier alpha value is -2.51. The summed E-state index contributed by atoms with van der Waals surface area (Å²) in [6.45, 7) is 6.37. The fourth-order valence-corrected chi connectivity index (χ4v) is 3.63. The highest BCUT2D eigenvalue weighted by Crippen LogP contribution is 2.31. The van der Waals surface area contributed by atoms with Crippen LogP contribution in [-0.4, -0.2) is 33.5 Å². The second-order valence-electron chi connectivity index (χ2n) is 7.47. The van der Waals surface area contributed by atoms with E-state index in [-0.39, 0.29) is 17.1 Å². The van der Waals surface area contributed by atoms with Crippen LogP contribution in [0.2, 0.25) is 5.02 Å². The maximum atomic E-state index is 12.6. The number of nitrogens with zero attached hydrogens (tertiary/aromatic N) is 3. The molecule has 1 heterocycles. The predicted molar refractivity (Wildman–Crippen MR) is 117 cm³/mol. The summed E-state index contributed by atoms with van der Waals surface area (Å²) in [7, 11) is 1.59. The van der Waals surface area contributed by atoms with Crippen molar-refractivity contribution in [1.82, 2.24) is 14.8 Å². The summed E-state index contributed by atoms with van der Waals surface area (Å²) in [6, 6.07) is 13.2. The quantitative estimate of drug-likeness (QED) is 0.560. The first-order valence-corrected chi connectivity index (χ1v) is 10.4. The number of carbonyl (C=O) groups is 1. The summed E-state index contributed by atoms with van der Waals surface area (Å²) in [5.41, 5.74) is 2.57. The van der Waals surface area contributed by atoms with Crippen molar-refractivity contribution in [3.63, 3.8) is 0 Å². The standard InChI is InChI=1S/C21H23ClN4O2S/c1-21(2,3)14-8-9-18(28-4)17(10-14)24-19(27)12-29-20-25-23-13-26(20)16-7-5-6-15(22)11-16/h5-11,13H,12H2,1-4H3,(H,24,27). The van der Waals surface area contributed by atoms with E-state index in [1.807, 2.05) is 36.4 Å². The minimum Gasteiger partial charge on any atom is -0.495 e. The Balaban J connectivity index is 1.71. The molecule has 152 valence electrons. The van der Waals surface area contributed by atoms with Gasteiger partial charge in [-0.2, -0.15) is 0 Å². The molecular weight excluding hydrogens is 408 g/mol. The Morgan fingerprint density at radius 2 is 2.03 bits per heavy atom. The molecule has 0 aliphatic carbocycles. The molecule has 0 fully saturated rings. The van der Waals surface area contributed by atoms with Gasteiger partial charge in [0, 0.05) is 5.02 Å². The van der Waals surface area contributed by atoms with Gasteiger partial charge in [0.05, 0.1) is 24.2 Å². The molecule has 3 rings (SSSR count). The summed E-state index contributed by atoms with van der Waals surface area (Å²) in [5, 5.41) is 12.2. The first kappa shape index (κ1) is 21.2. The largest absolute Gasteiger partial charge is 0.495 e. The first-order chi connectivity index (χ1) is 13.8. The van der Waals surface area contributed by atoms with Crippen LogP contribution in [0.15, 0.2) is 53.9 Å². The van der Waals surface area contributed by atoms with Gasteiger partial charge in [0.15, 0.2) is 5.16 Å². The monoisotopic (exact) mass is 430 g/mol. The lowest BCUT2D eigenvalue weighted by Gasteiger charge is -2.21. The Kier molecular flexibility index (Phi) is 6.49. The molecule has 0 atom stereocenters. The highest BCUT2D eigenvalue weighted by Gasteiger charge is 2.17. The summed E-state index contributed by atoms with van der Waals surface area (Å²) < 4.78 is 7.19. The van der Waals surface area contributed by atoms with E-state index < -0.39 is 0 Å². The third-order valence-corrected chi connectivity index (χ3v) is 5.45. The molecule has 2 aromatic carbocycles. The molecular formula is C21H23ClN4O2S. The molecule has 3 aromatic rings. The van der Waals surface area contributed by atoms with Crippen molar-refractivity contribution in [3.8, 4) is 11.4 Å². The lowest BCUT2D eigenvalue weighted by molar-refractivity contribution is -0.113. The Morgan fingerprint density at radius 1 is 1.24 bits per heavy atom. The van der Waals surface area contributed by atoms with Crippen LogP contribution in [0.5, 0.6) is 5.75 Å². The molecule has 0 bridgehead atoms. The summed E-state index contributed by atoms with van der Waals surface area (Å²) in [6.07, 6.45) is 1.60. The van der Waals surface area contributed by atoms with Crippen molar-refractivity contribution < 1.29 is 9.53 Å². The summed E-state index contributed by atoms with van der Waals surface area (Å²) in [4.78, 5) is 12.6. The second-order valence-corrected chi connectivity index (χ2v) is 8.84. The number of anilines is 1. The van der Waals surface area contributed by atoms with Crippen LogP contribution in [0, 0.1) is 0 Å². The smallest absolute Gasteiger partial charge is 0.234 e. The lowest BCUT2D eigenvalue weighted by Crippen LogP contribution is -2.17. The van der Waals surface area contributed by atoms with E-state index in [1.54, 1.807) is 24.1 Å². The van der Waals surface area contributed by atoms with Gasteiger partial charge in [0.1, 0.15) is 12.1 Å². The second kappa shape index (κ2) is 8.88. The Labute approximate surface area is 179 Å². The zero-order valence-corrected chi connectivity index (χ0v) is 18.3. The van der Waals surface area contributed by atoms with Crippen molar-refractivity contribution in [2.75, 3.05) is 18.2 Å². The van der Waals surface area contributed by atoms with Gasteiger partial charge < -0.3 is 10.1 Å². The molecule has 29 heavy (non-hydrogen) atoms. The average Bonchev–Trinajstić information content (AvgIpc) is 3.14. The Bertz CT molecular complexity index is 1010. The molecule has 0 spiro atoms. The number of nitrogens with one attached hydrogen (secondary N) is 1. The van der Waals surface area contributed by atoms with Crippen molar-refractivity contribution in [3.05, 3.63) is 59.4 Å². The van der Waals surface area contributed by atoms with Crippen LogP contribution < -0.4 is 10.1 Å². The van der Waals surface area contributed by atoms with Gasteiger partial charge >= 0.3 is 0 Å². The van der Waals surface area contributed by atoms with Crippen LogP contribution >= 0.6 is 23.4 Å². The van der Waals surface area contributed by atoms with Gasteiger partial charge in [-0.3, -0.25) is 9.36 Å². The van der Waals surface area contributed by atoms with E-state index in [0.717, 1.165) is 11.3 Å².